The Morgan fingerprint density at radius 1 is 0.667 bits per heavy atom. The van der Waals surface area contributed by atoms with Gasteiger partial charge in [0.25, 0.3) is 11.8 Å². The minimum absolute atomic E-state index is 0.111. The van der Waals surface area contributed by atoms with Crippen LogP contribution >= 0.6 is 48.0 Å². The van der Waals surface area contributed by atoms with E-state index in [1.807, 2.05) is 0 Å². The molecule has 0 aromatic heterocycles. The van der Waals surface area contributed by atoms with Gasteiger partial charge >= 0.3 is 0 Å². The summed E-state index contributed by atoms with van der Waals surface area (Å²) in [4.78, 5) is 58.8. The van der Waals surface area contributed by atoms with Crippen LogP contribution in [0.25, 0.3) is 0 Å². The largest absolute Gasteiger partial charge is 0.379 e. The fourth-order valence-corrected chi connectivity index (χ4v) is 7.54. The standard InChI is InChI=1S/C26H38N6O6S4/c33-19(27-5-1-7-29-11-15-37-16-12-29)3-9-31-23(35)21(41-25(31)39)22-24(36)32(26(40)42-22)10-4-20(34)28-6-2-8-30-13-17-38-18-14-30/h1-18H2,(H,27,33)(H,28,34)/b22-21+. The van der Waals surface area contributed by atoms with E-state index < -0.39 is 11.8 Å². The van der Waals surface area contributed by atoms with Crippen LogP contribution in [0.4, 0.5) is 0 Å². The molecular formula is C26H38N6O6S4. The number of thioether (sulfide) groups is 2. The number of morpholine rings is 2. The lowest BCUT2D eigenvalue weighted by Gasteiger charge is -2.26. The Bertz CT molecular complexity index is 998. The van der Waals surface area contributed by atoms with Crippen LogP contribution in [0.1, 0.15) is 25.7 Å². The van der Waals surface area contributed by atoms with E-state index in [1.54, 1.807) is 0 Å². The van der Waals surface area contributed by atoms with Crippen molar-refractivity contribution in [2.45, 2.75) is 25.7 Å². The third-order valence-electron chi connectivity index (χ3n) is 7.18. The molecular weight excluding hydrogens is 621 g/mol. The predicted octanol–water partition coefficient (Wildman–Crippen LogP) is 0.376. The van der Waals surface area contributed by atoms with Gasteiger partial charge in [-0.2, -0.15) is 0 Å². The molecule has 0 radical (unpaired) electrons. The van der Waals surface area contributed by atoms with Crippen LogP contribution < -0.4 is 10.6 Å². The van der Waals surface area contributed by atoms with Crippen LogP contribution in [0.3, 0.4) is 0 Å². The second kappa shape index (κ2) is 17.0. The Morgan fingerprint density at radius 2 is 1.05 bits per heavy atom. The van der Waals surface area contributed by atoms with Gasteiger partial charge in [-0.25, -0.2) is 0 Å². The van der Waals surface area contributed by atoms with E-state index in [-0.39, 0.29) is 47.6 Å². The minimum Gasteiger partial charge on any atom is -0.379 e. The molecule has 0 saturated carbocycles. The van der Waals surface area contributed by atoms with Gasteiger partial charge in [0.05, 0.1) is 36.2 Å². The van der Waals surface area contributed by atoms with E-state index in [4.69, 9.17) is 33.9 Å². The summed E-state index contributed by atoms with van der Waals surface area (Å²) in [5, 5.41) is 5.79. The normalized spacial score (nSPS) is 22.4. The molecule has 4 rings (SSSR count). The first-order valence-electron chi connectivity index (χ1n) is 14.3. The zero-order valence-electron chi connectivity index (χ0n) is 23.6. The molecule has 4 heterocycles. The van der Waals surface area contributed by atoms with Gasteiger partial charge in [0.15, 0.2) is 0 Å². The zero-order chi connectivity index (χ0) is 29.9. The molecule has 16 heteroatoms. The smallest absolute Gasteiger partial charge is 0.267 e. The molecule has 0 spiro atoms. The quantitative estimate of drug-likeness (QED) is 0.152. The molecule has 4 aliphatic heterocycles. The summed E-state index contributed by atoms with van der Waals surface area (Å²) in [5.74, 6) is -1.11. The van der Waals surface area contributed by atoms with Crippen LogP contribution in [-0.4, -0.2) is 144 Å². The Labute approximate surface area is 265 Å². The molecule has 4 fully saturated rings. The van der Waals surface area contributed by atoms with E-state index >= 15 is 0 Å². The molecule has 0 aliphatic carbocycles. The summed E-state index contributed by atoms with van der Waals surface area (Å²) in [5.41, 5.74) is 0. The van der Waals surface area contributed by atoms with Crippen LogP contribution in [0, 0.1) is 0 Å². The lowest BCUT2D eigenvalue weighted by Crippen LogP contribution is -2.38. The van der Waals surface area contributed by atoms with E-state index in [2.05, 4.69) is 20.4 Å². The number of carbonyl (C=O) groups is 4. The summed E-state index contributed by atoms with van der Waals surface area (Å²) in [6, 6.07) is 0. The first-order valence-corrected chi connectivity index (χ1v) is 16.7. The summed E-state index contributed by atoms with van der Waals surface area (Å²) in [6.07, 6.45) is 1.90. The van der Waals surface area contributed by atoms with E-state index in [9.17, 15) is 19.2 Å². The number of amides is 4. The van der Waals surface area contributed by atoms with Crippen LogP contribution in [-0.2, 0) is 28.7 Å². The van der Waals surface area contributed by atoms with Gasteiger partial charge in [-0.05, 0) is 25.9 Å². The highest BCUT2D eigenvalue weighted by atomic mass is 32.2. The molecule has 0 unspecified atom stereocenters. The topological polar surface area (TPSA) is 124 Å². The fraction of sp³-hybridized carbons (Fsp3) is 0.692. The molecule has 232 valence electrons. The van der Waals surface area contributed by atoms with Crippen LogP contribution in [0.5, 0.6) is 0 Å². The van der Waals surface area contributed by atoms with Crippen molar-refractivity contribution in [2.24, 2.45) is 0 Å². The highest BCUT2D eigenvalue weighted by molar-refractivity contribution is 8.29. The SMILES string of the molecule is O=C(CCN1C(=O)/C(=C2\SC(=S)N(CCC(=O)NCCCN3CCOCC3)C2=O)SC1=S)NCCCN1CCOCC1. The summed E-state index contributed by atoms with van der Waals surface area (Å²) < 4.78 is 11.3. The second-order valence-electron chi connectivity index (χ2n) is 10.1. The lowest BCUT2D eigenvalue weighted by atomic mass is 10.3. The number of rotatable bonds is 14. The Morgan fingerprint density at radius 3 is 1.43 bits per heavy atom. The Kier molecular flexibility index (Phi) is 13.4. The minimum atomic E-state index is -0.399. The fourth-order valence-electron chi connectivity index (χ4n) is 4.77. The van der Waals surface area contributed by atoms with Gasteiger partial charge in [-0.3, -0.25) is 38.8 Å². The highest BCUT2D eigenvalue weighted by Crippen LogP contribution is 2.42. The molecule has 0 aromatic carbocycles. The molecule has 0 aromatic rings. The predicted molar refractivity (Wildman–Crippen MR) is 170 cm³/mol. The van der Waals surface area contributed by atoms with Crippen molar-refractivity contribution in [3.63, 3.8) is 0 Å². The Balaban J connectivity index is 1.17. The van der Waals surface area contributed by atoms with E-state index in [1.165, 1.54) is 9.80 Å². The van der Waals surface area contributed by atoms with Gasteiger partial charge in [0.1, 0.15) is 8.64 Å². The summed E-state index contributed by atoms with van der Waals surface area (Å²) >= 11 is 12.9. The number of carbonyl (C=O) groups excluding carboxylic acids is 4. The van der Waals surface area contributed by atoms with Crippen molar-refractivity contribution in [1.82, 2.24) is 30.2 Å². The molecule has 4 saturated heterocycles. The molecule has 0 bridgehead atoms. The lowest BCUT2D eigenvalue weighted by molar-refractivity contribution is -0.126. The van der Waals surface area contributed by atoms with Crippen molar-refractivity contribution in [3.05, 3.63) is 9.81 Å². The van der Waals surface area contributed by atoms with Gasteiger partial charge in [0, 0.05) is 65.2 Å². The van der Waals surface area contributed by atoms with E-state index in [0.717, 1.165) is 102 Å². The maximum Gasteiger partial charge on any atom is 0.267 e. The molecule has 0 atom stereocenters. The maximum absolute atomic E-state index is 13.1. The zero-order valence-corrected chi connectivity index (χ0v) is 26.9. The summed E-state index contributed by atoms with van der Waals surface area (Å²) in [6.45, 7) is 9.80. The van der Waals surface area contributed by atoms with Crippen molar-refractivity contribution >= 4 is 80.2 Å². The van der Waals surface area contributed by atoms with Crippen LogP contribution in [0.15, 0.2) is 9.81 Å². The van der Waals surface area contributed by atoms with E-state index in [0.29, 0.717) is 21.7 Å². The number of hydrogen-bond acceptors (Lipinski definition) is 12. The molecule has 42 heavy (non-hydrogen) atoms. The van der Waals surface area contributed by atoms with Gasteiger partial charge < -0.3 is 20.1 Å². The number of nitrogens with one attached hydrogen (secondary N) is 2. The van der Waals surface area contributed by atoms with Crippen molar-refractivity contribution in [3.8, 4) is 0 Å². The third kappa shape index (κ3) is 9.67. The summed E-state index contributed by atoms with van der Waals surface area (Å²) in [7, 11) is 0. The monoisotopic (exact) mass is 658 g/mol. The van der Waals surface area contributed by atoms with Gasteiger partial charge in [0.2, 0.25) is 11.8 Å². The third-order valence-corrected chi connectivity index (χ3v) is 10.2. The molecule has 12 nitrogen and oxygen atoms in total. The molecule has 4 amide bonds. The van der Waals surface area contributed by atoms with Gasteiger partial charge in [-0.1, -0.05) is 48.0 Å². The number of nitrogens with zero attached hydrogens (tertiary/aromatic N) is 4. The van der Waals surface area contributed by atoms with Gasteiger partial charge in [-0.15, -0.1) is 0 Å². The maximum atomic E-state index is 13.1. The van der Waals surface area contributed by atoms with Crippen LogP contribution in [0.2, 0.25) is 0 Å². The van der Waals surface area contributed by atoms with Crippen molar-refractivity contribution in [2.75, 3.05) is 91.9 Å². The average molecular weight is 659 g/mol. The number of hydrogen-bond donors (Lipinski definition) is 2. The number of ether oxygens (including phenoxy) is 2. The number of thiocarbonyl (C=S) groups is 2. The first kappa shape index (κ1) is 33.2. The van der Waals surface area contributed by atoms with Crippen molar-refractivity contribution in [1.29, 1.82) is 0 Å². The highest BCUT2D eigenvalue weighted by Gasteiger charge is 2.42. The Hall–Kier alpha value is -1.66. The second-order valence-corrected chi connectivity index (χ2v) is 13.4. The van der Waals surface area contributed by atoms with Crippen molar-refractivity contribution < 1.29 is 28.7 Å². The average Bonchev–Trinajstić information content (AvgIpc) is 3.44. The molecule has 2 N–H and O–H groups in total. The first-order chi connectivity index (χ1) is 20.3. The molecule has 4 aliphatic rings.